The quantitative estimate of drug-likeness (QED) is 0.793. The van der Waals surface area contributed by atoms with Crippen LogP contribution in [-0.2, 0) is 0 Å². The van der Waals surface area contributed by atoms with Gasteiger partial charge in [-0.15, -0.1) is 11.3 Å². The third-order valence-electron chi connectivity index (χ3n) is 2.54. The molecule has 0 aliphatic rings. The van der Waals surface area contributed by atoms with Crippen LogP contribution in [0.1, 0.15) is 22.0 Å². The number of nitrogens with two attached hydrogens (primary N) is 1. The van der Waals surface area contributed by atoms with Gasteiger partial charge < -0.3 is 5.73 Å². The van der Waals surface area contributed by atoms with E-state index in [1.165, 1.54) is 0 Å². The summed E-state index contributed by atoms with van der Waals surface area (Å²) < 4.78 is 0.913. The van der Waals surface area contributed by atoms with Crippen LogP contribution in [0.4, 0.5) is 0 Å². The van der Waals surface area contributed by atoms with Gasteiger partial charge in [-0.05, 0) is 52.2 Å². The summed E-state index contributed by atoms with van der Waals surface area (Å²) in [5.41, 5.74) is 8.40. The lowest BCUT2D eigenvalue weighted by molar-refractivity contribution is 0.883. The Kier molecular flexibility index (Phi) is 4.16. The summed E-state index contributed by atoms with van der Waals surface area (Å²) in [7, 11) is 0. The lowest BCUT2D eigenvalue weighted by Crippen LogP contribution is -2.11. The van der Waals surface area contributed by atoms with E-state index in [9.17, 15) is 0 Å². The van der Waals surface area contributed by atoms with Crippen LogP contribution in [0.15, 0.2) is 28.1 Å². The van der Waals surface area contributed by atoms with E-state index in [0.29, 0.717) is 5.02 Å². The zero-order valence-corrected chi connectivity index (χ0v) is 12.9. The summed E-state index contributed by atoms with van der Waals surface area (Å²) in [5.74, 6) is 0. The second kappa shape index (κ2) is 5.29. The number of halogens is 3. The van der Waals surface area contributed by atoms with Gasteiger partial charge in [0.25, 0.3) is 0 Å². The van der Waals surface area contributed by atoms with Crippen molar-refractivity contribution in [3.05, 3.63) is 54.1 Å². The fourth-order valence-electron chi connectivity index (χ4n) is 1.66. The van der Waals surface area contributed by atoms with Crippen molar-refractivity contribution in [3.8, 4) is 0 Å². The van der Waals surface area contributed by atoms with Gasteiger partial charge in [0.15, 0.2) is 0 Å². The van der Waals surface area contributed by atoms with Crippen LogP contribution in [0.3, 0.4) is 0 Å². The normalized spacial score (nSPS) is 12.8. The van der Waals surface area contributed by atoms with Gasteiger partial charge in [0, 0.05) is 9.90 Å². The van der Waals surface area contributed by atoms with Gasteiger partial charge in [-0.2, -0.15) is 0 Å². The van der Waals surface area contributed by atoms with Crippen LogP contribution in [0, 0.1) is 6.92 Å². The molecule has 0 radical (unpaired) electrons. The van der Waals surface area contributed by atoms with E-state index >= 15 is 0 Å². The lowest BCUT2D eigenvalue weighted by atomic mass is 10.0. The number of aryl methyl sites for hydroxylation is 1. The van der Waals surface area contributed by atoms with Crippen LogP contribution in [0.5, 0.6) is 0 Å². The molecule has 0 saturated carbocycles. The molecule has 0 aliphatic carbocycles. The Morgan fingerprint density at radius 3 is 2.53 bits per heavy atom. The predicted octanol–water partition coefficient (Wildman–Crippen LogP) is 5.17. The molecule has 90 valence electrons. The maximum absolute atomic E-state index is 6.24. The molecule has 0 amide bonds. The molecule has 0 aliphatic heterocycles. The SMILES string of the molecule is Cc1cc(Cl)ccc1C(N)c1cc(Cl)c(Br)s1. The Balaban J connectivity index is 2.39. The van der Waals surface area contributed by atoms with E-state index in [1.807, 2.05) is 31.2 Å². The Hall–Kier alpha value is -0.0600. The van der Waals surface area contributed by atoms with Crippen molar-refractivity contribution in [2.45, 2.75) is 13.0 Å². The summed E-state index contributed by atoms with van der Waals surface area (Å²) >= 11 is 16.9. The summed E-state index contributed by atoms with van der Waals surface area (Å²) in [6.45, 7) is 2.01. The first kappa shape index (κ1) is 13.4. The van der Waals surface area contributed by atoms with Crippen LogP contribution in [-0.4, -0.2) is 0 Å². The van der Waals surface area contributed by atoms with Crippen LogP contribution in [0.25, 0.3) is 0 Å². The number of hydrogen-bond acceptors (Lipinski definition) is 2. The van der Waals surface area contributed by atoms with E-state index in [0.717, 1.165) is 24.8 Å². The Morgan fingerprint density at radius 2 is 2.00 bits per heavy atom. The van der Waals surface area contributed by atoms with Crippen molar-refractivity contribution in [2.75, 3.05) is 0 Å². The highest BCUT2D eigenvalue weighted by Gasteiger charge is 2.15. The molecular formula is C12H10BrCl2NS. The van der Waals surface area contributed by atoms with Crippen molar-refractivity contribution in [1.82, 2.24) is 0 Å². The maximum atomic E-state index is 6.24. The van der Waals surface area contributed by atoms with Crippen LogP contribution in [0.2, 0.25) is 10.0 Å². The summed E-state index contributed by atoms with van der Waals surface area (Å²) in [5, 5.41) is 1.43. The highest BCUT2D eigenvalue weighted by molar-refractivity contribution is 9.11. The molecule has 1 atom stereocenters. The fourth-order valence-corrected chi connectivity index (χ4v) is 3.65. The van der Waals surface area contributed by atoms with Crippen LogP contribution < -0.4 is 5.73 Å². The number of thiophene rings is 1. The summed E-state index contributed by atoms with van der Waals surface area (Å²) in [6.07, 6.45) is 0. The van der Waals surface area contributed by atoms with E-state index in [4.69, 9.17) is 28.9 Å². The molecule has 1 unspecified atom stereocenters. The molecule has 0 bridgehead atoms. The van der Waals surface area contributed by atoms with Crippen molar-refractivity contribution >= 4 is 50.5 Å². The minimum atomic E-state index is -0.166. The van der Waals surface area contributed by atoms with Gasteiger partial charge in [-0.1, -0.05) is 29.3 Å². The molecule has 0 spiro atoms. The predicted molar refractivity (Wildman–Crippen MR) is 79.2 cm³/mol. The zero-order chi connectivity index (χ0) is 12.6. The summed E-state index contributed by atoms with van der Waals surface area (Å²) in [6, 6.07) is 7.47. The molecular weight excluding hydrogens is 341 g/mol. The average Bonchev–Trinajstić information content (AvgIpc) is 2.58. The van der Waals surface area contributed by atoms with E-state index in [-0.39, 0.29) is 6.04 Å². The average molecular weight is 351 g/mol. The van der Waals surface area contributed by atoms with Gasteiger partial charge in [-0.3, -0.25) is 0 Å². The topological polar surface area (TPSA) is 26.0 Å². The molecule has 2 aromatic rings. The monoisotopic (exact) mass is 349 g/mol. The number of rotatable bonds is 2. The van der Waals surface area contributed by atoms with Crippen molar-refractivity contribution in [3.63, 3.8) is 0 Å². The Morgan fingerprint density at radius 1 is 1.29 bits per heavy atom. The highest BCUT2D eigenvalue weighted by Crippen LogP contribution is 2.37. The Labute approximate surface area is 123 Å². The van der Waals surface area contributed by atoms with Gasteiger partial charge in [-0.25, -0.2) is 0 Å². The molecule has 1 aromatic heterocycles. The molecule has 1 heterocycles. The molecule has 5 heteroatoms. The zero-order valence-electron chi connectivity index (χ0n) is 9.01. The molecule has 2 N–H and O–H groups in total. The van der Waals surface area contributed by atoms with E-state index in [1.54, 1.807) is 11.3 Å². The molecule has 1 nitrogen and oxygen atoms in total. The first-order chi connectivity index (χ1) is 7.99. The van der Waals surface area contributed by atoms with Gasteiger partial charge in [0.1, 0.15) is 0 Å². The van der Waals surface area contributed by atoms with Crippen LogP contribution >= 0.6 is 50.5 Å². The Bertz CT molecular complexity index is 534. The second-order valence-electron chi connectivity index (χ2n) is 3.75. The van der Waals surface area contributed by atoms with E-state index < -0.39 is 0 Å². The standard InChI is InChI=1S/C12H10BrCl2NS/c1-6-4-7(14)2-3-8(6)11(16)10-5-9(15)12(13)17-10/h2-5,11H,16H2,1H3. The fraction of sp³-hybridized carbons (Fsp3) is 0.167. The molecule has 0 saturated heterocycles. The number of hydrogen-bond donors (Lipinski definition) is 1. The largest absolute Gasteiger partial charge is 0.320 e. The third kappa shape index (κ3) is 2.85. The maximum Gasteiger partial charge on any atom is 0.0888 e. The first-order valence-corrected chi connectivity index (χ1v) is 7.32. The summed E-state index contributed by atoms with van der Waals surface area (Å²) in [4.78, 5) is 1.03. The number of benzene rings is 1. The molecule has 0 fully saturated rings. The second-order valence-corrected chi connectivity index (χ2v) is 6.99. The van der Waals surface area contributed by atoms with Crippen molar-refractivity contribution in [1.29, 1.82) is 0 Å². The molecule has 2 rings (SSSR count). The molecule has 1 aromatic carbocycles. The van der Waals surface area contributed by atoms with Gasteiger partial charge >= 0.3 is 0 Å². The van der Waals surface area contributed by atoms with Gasteiger partial charge in [0.2, 0.25) is 0 Å². The smallest absolute Gasteiger partial charge is 0.0888 e. The highest BCUT2D eigenvalue weighted by atomic mass is 79.9. The van der Waals surface area contributed by atoms with Gasteiger partial charge in [0.05, 0.1) is 14.9 Å². The van der Waals surface area contributed by atoms with Crippen molar-refractivity contribution in [2.24, 2.45) is 5.73 Å². The third-order valence-corrected chi connectivity index (χ3v) is 5.33. The van der Waals surface area contributed by atoms with Crippen molar-refractivity contribution < 1.29 is 0 Å². The minimum Gasteiger partial charge on any atom is -0.320 e. The minimum absolute atomic E-state index is 0.166. The van der Waals surface area contributed by atoms with E-state index in [2.05, 4.69) is 15.9 Å². The lowest BCUT2D eigenvalue weighted by Gasteiger charge is -2.13. The first-order valence-electron chi connectivity index (χ1n) is 4.95. The molecule has 17 heavy (non-hydrogen) atoms.